The van der Waals surface area contributed by atoms with Crippen LogP contribution in [0.25, 0.3) is 0 Å². The zero-order chi connectivity index (χ0) is 39.1. The molecule has 2 saturated heterocycles. The number of benzene rings is 4. The van der Waals surface area contributed by atoms with Crippen molar-refractivity contribution in [2.24, 2.45) is 11.8 Å². The van der Waals surface area contributed by atoms with Gasteiger partial charge in [0.05, 0.1) is 37.4 Å². The molecule has 2 aliphatic rings. The molecule has 6 rings (SSSR count). The lowest BCUT2D eigenvalue weighted by Gasteiger charge is -2.46. The fourth-order valence-corrected chi connectivity index (χ4v) is 7.84. The molecule has 6 atom stereocenters. The molecule has 12 heteroatoms. The Balaban J connectivity index is 0.000000208. The summed E-state index contributed by atoms with van der Waals surface area (Å²) in [6, 6.07) is 28.3. The molecule has 2 amide bonds. The number of nitrogens with zero attached hydrogens (tertiary/aromatic N) is 2. The molecule has 0 radical (unpaired) electrons. The second-order valence-corrected chi connectivity index (χ2v) is 15.9. The Hall–Kier alpha value is -3.18. The third kappa shape index (κ3) is 9.78. The predicted octanol–water partition coefficient (Wildman–Crippen LogP) is 9.30. The molecule has 2 aliphatic heterocycles. The second kappa shape index (κ2) is 19.1. The van der Waals surface area contributed by atoms with Crippen LogP contribution in [-0.2, 0) is 19.1 Å². The Morgan fingerprint density at radius 2 is 0.907 bits per heavy atom. The molecular formula is C42H46Cl4N2O6. The summed E-state index contributed by atoms with van der Waals surface area (Å²) in [6.07, 6.45) is -0.786. The van der Waals surface area contributed by atoms with E-state index < -0.39 is 12.2 Å². The second-order valence-electron chi connectivity index (χ2n) is 14.2. The van der Waals surface area contributed by atoms with E-state index in [2.05, 4.69) is 0 Å². The van der Waals surface area contributed by atoms with E-state index in [0.717, 1.165) is 22.3 Å². The van der Waals surface area contributed by atoms with Gasteiger partial charge in [0.25, 0.3) is 0 Å². The molecule has 2 heterocycles. The lowest BCUT2D eigenvalue weighted by atomic mass is 9.89. The highest BCUT2D eigenvalue weighted by Gasteiger charge is 2.44. The molecule has 4 aromatic rings. The first-order chi connectivity index (χ1) is 25.8. The summed E-state index contributed by atoms with van der Waals surface area (Å²) >= 11 is 24.5. The molecule has 54 heavy (non-hydrogen) atoms. The molecular weight excluding hydrogens is 770 g/mol. The van der Waals surface area contributed by atoms with Gasteiger partial charge in [-0.2, -0.15) is 0 Å². The highest BCUT2D eigenvalue weighted by atomic mass is 35.5. The van der Waals surface area contributed by atoms with Gasteiger partial charge in [-0.25, -0.2) is 0 Å². The quantitative estimate of drug-likeness (QED) is 0.166. The lowest BCUT2D eigenvalue weighted by Crippen LogP contribution is -2.53. The average Bonchev–Trinajstić information content (AvgIpc) is 3.14. The van der Waals surface area contributed by atoms with Gasteiger partial charge in [0.1, 0.15) is 25.4 Å². The third-order valence-corrected chi connectivity index (χ3v) is 10.9. The molecule has 4 aromatic carbocycles. The smallest absolute Gasteiger partial charge is 0.249 e. The molecule has 2 unspecified atom stereocenters. The minimum absolute atomic E-state index is 0.0372. The van der Waals surface area contributed by atoms with E-state index >= 15 is 0 Å². The van der Waals surface area contributed by atoms with Crippen LogP contribution in [-0.4, -0.2) is 70.3 Å². The summed E-state index contributed by atoms with van der Waals surface area (Å²) < 4.78 is 11.9. The molecule has 8 nitrogen and oxygen atoms in total. The number of ether oxygens (including phenoxy) is 2. The number of halogens is 4. The number of carbonyl (C=O) groups is 2. The maximum atomic E-state index is 12.8. The first kappa shape index (κ1) is 42.0. The van der Waals surface area contributed by atoms with Crippen molar-refractivity contribution in [1.82, 2.24) is 9.80 Å². The summed E-state index contributed by atoms with van der Waals surface area (Å²) in [5, 5.41) is 22.5. The van der Waals surface area contributed by atoms with Crippen molar-refractivity contribution in [3.8, 4) is 0 Å². The number of aliphatic hydroxyl groups excluding tert-OH is 2. The molecule has 2 N–H and O–H groups in total. The SMILES string of the molecule is CC(C)[C@@H](CO)N1C(=O)CO[C@H](c2cccc(Cl)c2)C1c1ccc(Cl)cc1.CC(C)[C@H](CO)N1C(=O)CO[C@H](c2cccc(Cl)c2)C1c1ccc(Cl)cc1. The first-order valence-electron chi connectivity index (χ1n) is 17.9. The van der Waals surface area contributed by atoms with Crippen LogP contribution in [0.5, 0.6) is 0 Å². The van der Waals surface area contributed by atoms with Crippen LogP contribution in [0, 0.1) is 11.8 Å². The summed E-state index contributed by atoms with van der Waals surface area (Å²) in [5.41, 5.74) is 3.58. The molecule has 0 saturated carbocycles. The number of hydrogen-bond donors (Lipinski definition) is 2. The number of morpholine rings is 2. The Morgan fingerprint density at radius 3 is 1.20 bits per heavy atom. The topological polar surface area (TPSA) is 99.5 Å². The van der Waals surface area contributed by atoms with Gasteiger partial charge in [0.15, 0.2) is 0 Å². The number of aliphatic hydroxyl groups is 2. The fourth-order valence-electron chi connectivity index (χ4n) is 7.19. The van der Waals surface area contributed by atoms with Crippen LogP contribution >= 0.6 is 46.4 Å². The molecule has 0 aliphatic carbocycles. The highest BCUT2D eigenvalue weighted by Crippen LogP contribution is 2.44. The van der Waals surface area contributed by atoms with Gasteiger partial charge in [0, 0.05) is 20.1 Å². The normalized spacial score (nSPS) is 21.6. The van der Waals surface area contributed by atoms with E-state index in [1.54, 1.807) is 46.2 Å². The minimum Gasteiger partial charge on any atom is -0.394 e. The zero-order valence-electron chi connectivity index (χ0n) is 30.6. The number of rotatable bonds is 10. The van der Waals surface area contributed by atoms with Crippen molar-refractivity contribution in [1.29, 1.82) is 0 Å². The van der Waals surface area contributed by atoms with E-state index in [1.165, 1.54) is 0 Å². The van der Waals surface area contributed by atoms with Crippen LogP contribution in [0.1, 0.15) is 74.2 Å². The third-order valence-electron chi connectivity index (χ3n) is 9.93. The van der Waals surface area contributed by atoms with E-state index in [-0.39, 0.29) is 74.2 Å². The predicted molar refractivity (Wildman–Crippen MR) is 214 cm³/mol. The maximum absolute atomic E-state index is 12.8. The largest absolute Gasteiger partial charge is 0.394 e. The monoisotopic (exact) mass is 814 g/mol. The number of amides is 2. The van der Waals surface area contributed by atoms with Gasteiger partial charge in [-0.05, 0) is 82.6 Å². The van der Waals surface area contributed by atoms with Crippen LogP contribution in [0.2, 0.25) is 20.1 Å². The minimum atomic E-state index is -0.393. The van der Waals surface area contributed by atoms with E-state index in [4.69, 9.17) is 55.9 Å². The van der Waals surface area contributed by atoms with Crippen molar-refractivity contribution >= 4 is 58.2 Å². The van der Waals surface area contributed by atoms with Crippen LogP contribution in [0.3, 0.4) is 0 Å². The molecule has 288 valence electrons. The molecule has 0 aromatic heterocycles. The standard InChI is InChI=1S/2C21H23Cl2NO3/c2*1-13(2)18(11-25)24-19(26)12-27-21(15-4-3-5-17(23)10-15)20(24)14-6-8-16(22)9-7-14/h2*3-10,13,18,20-21,25H,11-12H2,1-2H3/t18-,20?,21+;18-,20?,21-/m01/s1. The van der Waals surface area contributed by atoms with Crippen LogP contribution in [0.4, 0.5) is 0 Å². The Labute approximate surface area is 337 Å². The highest BCUT2D eigenvalue weighted by molar-refractivity contribution is 6.31. The van der Waals surface area contributed by atoms with Gasteiger partial charge in [0.2, 0.25) is 11.8 Å². The average molecular weight is 817 g/mol. The summed E-state index contributed by atoms with van der Waals surface area (Å²) in [7, 11) is 0. The first-order valence-corrected chi connectivity index (χ1v) is 19.4. The lowest BCUT2D eigenvalue weighted by molar-refractivity contribution is -0.167. The van der Waals surface area contributed by atoms with Crippen molar-refractivity contribution in [3.05, 3.63) is 139 Å². The van der Waals surface area contributed by atoms with E-state index in [1.807, 2.05) is 88.4 Å². The summed E-state index contributed by atoms with van der Waals surface area (Å²) in [5.74, 6) is -0.0966. The van der Waals surface area contributed by atoms with Gasteiger partial charge < -0.3 is 29.5 Å². The van der Waals surface area contributed by atoms with Crippen molar-refractivity contribution in [3.63, 3.8) is 0 Å². The van der Waals surface area contributed by atoms with Gasteiger partial charge in [-0.15, -0.1) is 0 Å². The van der Waals surface area contributed by atoms with Crippen LogP contribution in [0.15, 0.2) is 97.1 Å². The van der Waals surface area contributed by atoms with E-state index in [9.17, 15) is 19.8 Å². The van der Waals surface area contributed by atoms with Crippen LogP contribution < -0.4 is 0 Å². The van der Waals surface area contributed by atoms with E-state index in [0.29, 0.717) is 20.1 Å². The molecule has 0 bridgehead atoms. The number of carbonyl (C=O) groups excluding carboxylic acids is 2. The summed E-state index contributed by atoms with van der Waals surface area (Å²) in [4.78, 5) is 29.2. The van der Waals surface area contributed by atoms with Gasteiger partial charge in [-0.1, -0.05) is 123 Å². The molecule has 2 fully saturated rings. The van der Waals surface area contributed by atoms with Crippen molar-refractivity contribution in [2.75, 3.05) is 26.4 Å². The Kier molecular flexibility index (Phi) is 14.9. The number of hydrogen-bond acceptors (Lipinski definition) is 6. The molecule has 0 spiro atoms. The van der Waals surface area contributed by atoms with Crippen molar-refractivity contribution in [2.45, 2.75) is 64.1 Å². The maximum Gasteiger partial charge on any atom is 0.249 e. The fraction of sp³-hybridized carbons (Fsp3) is 0.381. The van der Waals surface area contributed by atoms with Gasteiger partial charge >= 0.3 is 0 Å². The zero-order valence-corrected chi connectivity index (χ0v) is 33.6. The summed E-state index contributed by atoms with van der Waals surface area (Å²) in [6.45, 7) is 7.68. The van der Waals surface area contributed by atoms with Gasteiger partial charge in [-0.3, -0.25) is 9.59 Å². The van der Waals surface area contributed by atoms with Crippen molar-refractivity contribution < 1.29 is 29.3 Å². The Morgan fingerprint density at radius 1 is 0.556 bits per heavy atom. The Bertz CT molecular complexity index is 1720.